The Morgan fingerprint density at radius 1 is 1.33 bits per heavy atom. The molecule has 1 saturated carbocycles. The average molecular weight is 315 g/mol. The fourth-order valence-electron chi connectivity index (χ4n) is 2.64. The Morgan fingerprint density at radius 2 is 1.95 bits per heavy atom. The van der Waals surface area contributed by atoms with Gasteiger partial charge in [-0.05, 0) is 49.3 Å². The van der Waals surface area contributed by atoms with Crippen LogP contribution in [0.5, 0.6) is 0 Å². The van der Waals surface area contributed by atoms with E-state index < -0.39 is 22.4 Å². The molecule has 0 unspecified atom stereocenters. The molecule has 1 aliphatic carbocycles. The number of rotatable bonds is 4. The predicted molar refractivity (Wildman–Crippen MR) is 78.7 cm³/mol. The van der Waals surface area contributed by atoms with E-state index in [0.29, 0.717) is 0 Å². The van der Waals surface area contributed by atoms with Crippen LogP contribution in [0.2, 0.25) is 0 Å². The van der Waals surface area contributed by atoms with Crippen molar-refractivity contribution in [1.82, 2.24) is 4.72 Å². The molecule has 0 bridgehead atoms. The molecule has 0 aromatic heterocycles. The quantitative estimate of drug-likeness (QED) is 0.897. The van der Waals surface area contributed by atoms with Crippen LogP contribution in [0, 0.1) is 11.2 Å². The van der Waals surface area contributed by atoms with Crippen molar-refractivity contribution in [2.45, 2.75) is 57.1 Å². The summed E-state index contributed by atoms with van der Waals surface area (Å²) in [5.41, 5.74) is 0.254. The van der Waals surface area contributed by atoms with Crippen LogP contribution in [0.15, 0.2) is 23.1 Å². The maximum absolute atomic E-state index is 13.3. The lowest BCUT2D eigenvalue weighted by molar-refractivity contribution is 0.218. The first-order valence-corrected chi connectivity index (χ1v) is 8.63. The van der Waals surface area contributed by atoms with Crippen molar-refractivity contribution in [3.05, 3.63) is 29.6 Å². The van der Waals surface area contributed by atoms with Crippen molar-refractivity contribution >= 4 is 10.0 Å². The van der Waals surface area contributed by atoms with Crippen LogP contribution in [-0.4, -0.2) is 19.6 Å². The standard InChI is InChI=1S/C15H22FNO3S/c1-15(2)7-5-12(6-8-15)17-21(19,20)13-3-4-14(16)11(9-13)10-18/h3-4,9,12,17-18H,5-8,10H2,1-2H3. The lowest BCUT2D eigenvalue weighted by Crippen LogP contribution is -2.39. The SMILES string of the molecule is CC1(C)CCC(NS(=O)(=O)c2ccc(F)c(CO)c2)CC1. The minimum Gasteiger partial charge on any atom is -0.392 e. The molecule has 0 radical (unpaired) electrons. The van der Waals surface area contributed by atoms with E-state index in [0.717, 1.165) is 31.7 Å². The van der Waals surface area contributed by atoms with Crippen LogP contribution in [0.4, 0.5) is 4.39 Å². The average Bonchev–Trinajstić information content (AvgIpc) is 2.41. The van der Waals surface area contributed by atoms with Gasteiger partial charge in [-0.15, -0.1) is 0 Å². The number of nitrogens with one attached hydrogen (secondary N) is 1. The first-order valence-electron chi connectivity index (χ1n) is 7.15. The van der Waals surface area contributed by atoms with Crippen LogP contribution in [0.1, 0.15) is 45.1 Å². The summed E-state index contributed by atoms with van der Waals surface area (Å²) in [5.74, 6) is -0.601. The van der Waals surface area contributed by atoms with Gasteiger partial charge in [-0.25, -0.2) is 17.5 Å². The highest BCUT2D eigenvalue weighted by Gasteiger charge is 2.29. The van der Waals surface area contributed by atoms with Gasteiger partial charge in [0.2, 0.25) is 10.0 Å². The van der Waals surface area contributed by atoms with Gasteiger partial charge >= 0.3 is 0 Å². The summed E-state index contributed by atoms with van der Waals surface area (Å²) in [5, 5.41) is 9.03. The zero-order chi connectivity index (χ0) is 15.7. The molecule has 2 N–H and O–H groups in total. The van der Waals surface area contributed by atoms with Crippen LogP contribution in [-0.2, 0) is 16.6 Å². The van der Waals surface area contributed by atoms with E-state index in [1.807, 2.05) is 0 Å². The monoisotopic (exact) mass is 315 g/mol. The number of halogens is 1. The molecule has 118 valence electrons. The van der Waals surface area contributed by atoms with Gasteiger partial charge in [0.25, 0.3) is 0 Å². The fourth-order valence-corrected chi connectivity index (χ4v) is 4.00. The molecule has 2 rings (SSSR count). The third-order valence-electron chi connectivity index (χ3n) is 4.16. The van der Waals surface area contributed by atoms with Crippen LogP contribution >= 0.6 is 0 Å². The topological polar surface area (TPSA) is 66.4 Å². The normalized spacial score (nSPS) is 19.6. The van der Waals surface area contributed by atoms with Gasteiger partial charge in [0, 0.05) is 11.6 Å². The van der Waals surface area contributed by atoms with Crippen molar-refractivity contribution in [2.24, 2.45) is 5.41 Å². The molecule has 0 spiro atoms. The molecule has 21 heavy (non-hydrogen) atoms. The summed E-state index contributed by atoms with van der Waals surface area (Å²) in [6.07, 6.45) is 3.57. The lowest BCUT2D eigenvalue weighted by Gasteiger charge is -2.34. The number of benzene rings is 1. The Morgan fingerprint density at radius 3 is 2.52 bits per heavy atom. The van der Waals surface area contributed by atoms with E-state index in [4.69, 9.17) is 5.11 Å². The molecule has 0 atom stereocenters. The van der Waals surface area contributed by atoms with E-state index >= 15 is 0 Å². The van der Waals surface area contributed by atoms with Gasteiger partial charge in [0.1, 0.15) is 5.82 Å². The molecule has 1 aromatic rings. The van der Waals surface area contributed by atoms with E-state index in [9.17, 15) is 12.8 Å². The first kappa shape index (κ1) is 16.4. The van der Waals surface area contributed by atoms with E-state index in [-0.39, 0.29) is 21.9 Å². The largest absolute Gasteiger partial charge is 0.392 e. The molecule has 0 saturated heterocycles. The second-order valence-electron chi connectivity index (χ2n) is 6.47. The second kappa shape index (κ2) is 6.02. The molecule has 6 heteroatoms. The number of aliphatic hydroxyl groups excluding tert-OH is 1. The first-order chi connectivity index (χ1) is 9.73. The zero-order valence-electron chi connectivity index (χ0n) is 12.4. The molecule has 0 amide bonds. The summed E-state index contributed by atoms with van der Waals surface area (Å²) in [6, 6.07) is 3.41. The van der Waals surface area contributed by atoms with E-state index in [2.05, 4.69) is 18.6 Å². The molecule has 1 fully saturated rings. The van der Waals surface area contributed by atoms with Crippen LogP contribution < -0.4 is 4.72 Å². The van der Waals surface area contributed by atoms with Gasteiger partial charge < -0.3 is 5.11 Å². The minimum absolute atomic E-state index is 0.00205. The Bertz CT molecular complexity index is 603. The van der Waals surface area contributed by atoms with Crippen molar-refractivity contribution < 1.29 is 17.9 Å². The smallest absolute Gasteiger partial charge is 0.240 e. The minimum atomic E-state index is -3.67. The number of sulfonamides is 1. The number of hydrogen-bond acceptors (Lipinski definition) is 3. The van der Waals surface area contributed by atoms with Crippen molar-refractivity contribution in [2.75, 3.05) is 0 Å². The summed E-state index contributed by atoms with van der Waals surface area (Å²) in [6.45, 7) is 3.85. The highest BCUT2D eigenvalue weighted by molar-refractivity contribution is 7.89. The Kier molecular flexibility index (Phi) is 4.70. The molecule has 1 aromatic carbocycles. The summed E-state index contributed by atoms with van der Waals surface area (Å²) >= 11 is 0. The molecule has 0 heterocycles. The van der Waals surface area contributed by atoms with Crippen LogP contribution in [0.3, 0.4) is 0 Å². The van der Waals surface area contributed by atoms with Crippen molar-refractivity contribution in [1.29, 1.82) is 0 Å². The third kappa shape index (κ3) is 4.02. The van der Waals surface area contributed by atoms with E-state index in [1.54, 1.807) is 0 Å². The Labute approximate surface area is 125 Å². The Balaban J connectivity index is 2.12. The third-order valence-corrected chi connectivity index (χ3v) is 5.68. The van der Waals surface area contributed by atoms with Gasteiger partial charge in [-0.3, -0.25) is 0 Å². The molecular weight excluding hydrogens is 293 g/mol. The molecule has 0 aliphatic heterocycles. The fraction of sp³-hybridized carbons (Fsp3) is 0.600. The maximum atomic E-state index is 13.3. The van der Waals surface area contributed by atoms with Gasteiger partial charge in [-0.2, -0.15) is 0 Å². The molecule has 4 nitrogen and oxygen atoms in total. The summed E-state index contributed by atoms with van der Waals surface area (Å²) in [7, 11) is -3.67. The van der Waals surface area contributed by atoms with Crippen molar-refractivity contribution in [3.63, 3.8) is 0 Å². The van der Waals surface area contributed by atoms with Gasteiger partial charge in [0.15, 0.2) is 0 Å². The maximum Gasteiger partial charge on any atom is 0.240 e. The van der Waals surface area contributed by atoms with Crippen molar-refractivity contribution in [3.8, 4) is 0 Å². The highest BCUT2D eigenvalue weighted by Crippen LogP contribution is 2.35. The van der Waals surface area contributed by atoms with E-state index in [1.165, 1.54) is 12.1 Å². The summed E-state index contributed by atoms with van der Waals surface area (Å²) < 4.78 is 40.7. The predicted octanol–water partition coefficient (Wildman–Crippen LogP) is 2.57. The number of hydrogen-bond donors (Lipinski definition) is 2. The molecule has 1 aliphatic rings. The Hall–Kier alpha value is -0.980. The zero-order valence-corrected chi connectivity index (χ0v) is 13.2. The molecular formula is C15H22FNO3S. The second-order valence-corrected chi connectivity index (χ2v) is 8.19. The van der Waals surface area contributed by atoms with Crippen LogP contribution in [0.25, 0.3) is 0 Å². The number of aliphatic hydroxyl groups is 1. The van der Waals surface area contributed by atoms with Gasteiger partial charge in [-0.1, -0.05) is 13.8 Å². The van der Waals surface area contributed by atoms with Gasteiger partial charge in [0.05, 0.1) is 11.5 Å². The highest BCUT2D eigenvalue weighted by atomic mass is 32.2. The summed E-state index contributed by atoms with van der Waals surface area (Å²) in [4.78, 5) is -0.00205. The lowest BCUT2D eigenvalue weighted by atomic mass is 9.76.